The molecule has 13 heavy (non-hydrogen) atoms. The summed E-state index contributed by atoms with van der Waals surface area (Å²) in [5.41, 5.74) is 0.825. The van der Waals surface area contributed by atoms with Gasteiger partial charge in [0.25, 0.3) is 0 Å². The Morgan fingerprint density at radius 2 is 2.23 bits per heavy atom. The summed E-state index contributed by atoms with van der Waals surface area (Å²) in [6.45, 7) is 0. The summed E-state index contributed by atoms with van der Waals surface area (Å²) in [6.07, 6.45) is 0. The Balaban J connectivity index is 2.97. The summed E-state index contributed by atoms with van der Waals surface area (Å²) < 4.78 is 19.4. The Bertz CT molecular complexity index is 529. The highest BCUT2D eigenvalue weighted by molar-refractivity contribution is 9.10. The van der Waals surface area contributed by atoms with E-state index in [4.69, 9.17) is 4.42 Å². The second-order valence-corrected chi connectivity index (χ2v) is 3.52. The Hall–Kier alpha value is -1.10. The predicted molar refractivity (Wildman–Crippen MR) is 49.1 cm³/mol. The van der Waals surface area contributed by atoms with E-state index in [0.717, 1.165) is 0 Å². The number of hydrogen-bond acceptors (Lipinski definition) is 2. The average Bonchev–Trinajstić information content (AvgIpc) is 2.32. The molecule has 0 aliphatic heterocycles. The van der Waals surface area contributed by atoms with Crippen molar-refractivity contribution in [2.45, 2.75) is 0 Å². The molecule has 3 nitrogen and oxygen atoms in total. The van der Waals surface area contributed by atoms with Crippen molar-refractivity contribution in [2.24, 2.45) is 7.05 Å². The van der Waals surface area contributed by atoms with Gasteiger partial charge in [-0.05, 0) is 22.0 Å². The number of hydrogen-bond donors (Lipinski definition) is 0. The van der Waals surface area contributed by atoms with Crippen LogP contribution in [0.15, 0.2) is 25.8 Å². The van der Waals surface area contributed by atoms with Gasteiger partial charge in [0, 0.05) is 13.1 Å². The SMILES string of the molecule is Cn1c(=O)oc2cc(F)c(Br)cc21. The molecule has 1 aromatic carbocycles. The second-order valence-electron chi connectivity index (χ2n) is 2.66. The Kier molecular flexibility index (Phi) is 1.76. The minimum Gasteiger partial charge on any atom is -0.408 e. The summed E-state index contributed by atoms with van der Waals surface area (Å²) in [6, 6.07) is 2.69. The van der Waals surface area contributed by atoms with E-state index in [1.54, 1.807) is 7.05 Å². The molecular weight excluding hydrogens is 241 g/mol. The number of nitrogens with zero attached hydrogens (tertiary/aromatic N) is 1. The fourth-order valence-corrected chi connectivity index (χ4v) is 1.45. The summed E-state index contributed by atoms with van der Waals surface area (Å²) in [7, 11) is 1.57. The summed E-state index contributed by atoms with van der Waals surface area (Å²) in [5.74, 6) is -0.936. The maximum Gasteiger partial charge on any atom is 0.419 e. The number of oxazole rings is 1. The van der Waals surface area contributed by atoms with Crippen LogP contribution in [-0.4, -0.2) is 4.57 Å². The highest BCUT2D eigenvalue weighted by Gasteiger charge is 2.09. The van der Waals surface area contributed by atoms with E-state index in [1.807, 2.05) is 0 Å². The fraction of sp³-hybridized carbons (Fsp3) is 0.125. The van der Waals surface area contributed by atoms with E-state index in [2.05, 4.69) is 15.9 Å². The van der Waals surface area contributed by atoms with Crippen molar-refractivity contribution in [3.8, 4) is 0 Å². The van der Waals surface area contributed by atoms with Crippen LogP contribution in [0.3, 0.4) is 0 Å². The summed E-state index contributed by atoms with van der Waals surface area (Å²) in [4.78, 5) is 11.0. The number of halogens is 2. The summed E-state index contributed by atoms with van der Waals surface area (Å²) in [5, 5.41) is 0. The molecule has 0 radical (unpaired) electrons. The van der Waals surface area contributed by atoms with E-state index >= 15 is 0 Å². The quantitative estimate of drug-likeness (QED) is 0.712. The van der Waals surface area contributed by atoms with Gasteiger partial charge in [0.1, 0.15) is 5.82 Å². The Morgan fingerprint density at radius 1 is 1.54 bits per heavy atom. The van der Waals surface area contributed by atoms with Crippen LogP contribution < -0.4 is 5.76 Å². The molecule has 0 aliphatic rings. The molecule has 0 fully saturated rings. The van der Waals surface area contributed by atoms with Crippen LogP contribution in [0, 0.1) is 5.82 Å². The van der Waals surface area contributed by atoms with Crippen LogP contribution in [0.1, 0.15) is 0 Å². The highest BCUT2D eigenvalue weighted by atomic mass is 79.9. The van der Waals surface area contributed by atoms with Crippen LogP contribution in [0.2, 0.25) is 0 Å². The zero-order chi connectivity index (χ0) is 9.59. The third-order valence-electron chi connectivity index (χ3n) is 1.83. The number of aryl methyl sites for hydroxylation is 1. The van der Waals surface area contributed by atoms with Crippen LogP contribution in [0.5, 0.6) is 0 Å². The lowest BCUT2D eigenvalue weighted by molar-refractivity contribution is 0.525. The number of benzene rings is 1. The first-order valence-corrected chi connectivity index (χ1v) is 4.33. The lowest BCUT2D eigenvalue weighted by Gasteiger charge is -1.94. The Morgan fingerprint density at radius 3 is 2.92 bits per heavy atom. The van der Waals surface area contributed by atoms with Crippen molar-refractivity contribution >= 4 is 27.0 Å². The standard InChI is InChI=1S/C8H5BrFNO2/c1-11-6-2-4(9)5(10)3-7(6)13-8(11)12/h2-3H,1H3. The van der Waals surface area contributed by atoms with Crippen LogP contribution >= 0.6 is 15.9 Å². The number of rotatable bonds is 0. The lowest BCUT2D eigenvalue weighted by Crippen LogP contribution is -2.08. The molecule has 68 valence electrons. The zero-order valence-corrected chi connectivity index (χ0v) is 8.26. The third kappa shape index (κ3) is 1.19. The van der Waals surface area contributed by atoms with Gasteiger partial charge >= 0.3 is 5.76 Å². The van der Waals surface area contributed by atoms with Gasteiger partial charge in [0.15, 0.2) is 5.58 Å². The maximum atomic E-state index is 13.0. The second kappa shape index (κ2) is 2.70. The molecular formula is C8H5BrFNO2. The molecule has 0 atom stereocenters. The van der Waals surface area contributed by atoms with E-state index in [-0.39, 0.29) is 5.58 Å². The molecule has 0 spiro atoms. The van der Waals surface area contributed by atoms with Crippen molar-refractivity contribution in [1.29, 1.82) is 0 Å². The van der Waals surface area contributed by atoms with E-state index in [9.17, 15) is 9.18 Å². The fourth-order valence-electron chi connectivity index (χ4n) is 1.12. The van der Waals surface area contributed by atoms with Crippen LogP contribution in [-0.2, 0) is 7.05 Å². The largest absolute Gasteiger partial charge is 0.419 e. The molecule has 1 heterocycles. The first-order chi connectivity index (χ1) is 6.09. The van der Waals surface area contributed by atoms with Crippen LogP contribution in [0.25, 0.3) is 11.1 Å². The van der Waals surface area contributed by atoms with Gasteiger partial charge in [-0.25, -0.2) is 9.18 Å². The number of fused-ring (bicyclic) bond motifs is 1. The normalized spacial score (nSPS) is 11.0. The maximum absolute atomic E-state index is 13.0. The smallest absolute Gasteiger partial charge is 0.408 e. The number of aromatic nitrogens is 1. The molecule has 0 N–H and O–H groups in total. The molecule has 1 aromatic heterocycles. The molecule has 2 rings (SSSR count). The lowest BCUT2D eigenvalue weighted by atomic mass is 10.3. The van der Waals surface area contributed by atoms with Crippen molar-refractivity contribution in [3.05, 3.63) is 33.0 Å². The van der Waals surface area contributed by atoms with Gasteiger partial charge in [-0.1, -0.05) is 0 Å². The highest BCUT2D eigenvalue weighted by Crippen LogP contribution is 2.21. The van der Waals surface area contributed by atoms with Gasteiger partial charge in [0.2, 0.25) is 0 Å². The summed E-state index contributed by atoms with van der Waals surface area (Å²) >= 11 is 3.03. The molecule has 2 aromatic rings. The average molecular weight is 246 g/mol. The molecule has 5 heteroatoms. The minimum atomic E-state index is -0.493. The van der Waals surface area contributed by atoms with Gasteiger partial charge in [-0.3, -0.25) is 4.57 Å². The molecule has 0 unspecified atom stereocenters. The van der Waals surface area contributed by atoms with Crippen molar-refractivity contribution in [3.63, 3.8) is 0 Å². The van der Waals surface area contributed by atoms with Crippen molar-refractivity contribution in [1.82, 2.24) is 4.57 Å². The zero-order valence-electron chi connectivity index (χ0n) is 6.67. The monoisotopic (exact) mass is 245 g/mol. The van der Waals surface area contributed by atoms with Gasteiger partial charge in [-0.2, -0.15) is 0 Å². The first kappa shape index (κ1) is 8.50. The van der Waals surface area contributed by atoms with Crippen molar-refractivity contribution < 1.29 is 8.81 Å². The molecule has 0 amide bonds. The first-order valence-electron chi connectivity index (χ1n) is 3.54. The Labute approximate surface area is 80.9 Å². The van der Waals surface area contributed by atoms with Gasteiger partial charge < -0.3 is 4.42 Å². The van der Waals surface area contributed by atoms with E-state index < -0.39 is 11.6 Å². The predicted octanol–water partition coefficient (Wildman–Crippen LogP) is 2.03. The van der Waals surface area contributed by atoms with Gasteiger partial charge in [0.05, 0.1) is 9.99 Å². The molecule has 0 saturated carbocycles. The molecule has 0 saturated heterocycles. The minimum absolute atomic E-state index is 0.258. The van der Waals surface area contributed by atoms with E-state index in [1.165, 1.54) is 16.7 Å². The van der Waals surface area contributed by atoms with Crippen LogP contribution in [0.4, 0.5) is 4.39 Å². The van der Waals surface area contributed by atoms with Crippen molar-refractivity contribution in [2.75, 3.05) is 0 Å². The molecule has 0 aliphatic carbocycles. The third-order valence-corrected chi connectivity index (χ3v) is 2.44. The van der Waals surface area contributed by atoms with Gasteiger partial charge in [-0.15, -0.1) is 0 Å². The topological polar surface area (TPSA) is 35.1 Å². The molecule has 0 bridgehead atoms. The van der Waals surface area contributed by atoms with E-state index in [0.29, 0.717) is 9.99 Å².